The molecule has 1 aliphatic rings. The van der Waals surface area contributed by atoms with Gasteiger partial charge in [0.15, 0.2) is 0 Å². The second kappa shape index (κ2) is 6.40. The van der Waals surface area contributed by atoms with Gasteiger partial charge >= 0.3 is 0 Å². The van der Waals surface area contributed by atoms with E-state index in [1.165, 1.54) is 0 Å². The average molecular weight is 264 g/mol. The third-order valence-corrected chi connectivity index (χ3v) is 3.58. The molecule has 4 heteroatoms. The average Bonchev–Trinajstić information content (AvgIpc) is 2.69. The van der Waals surface area contributed by atoms with Crippen molar-refractivity contribution in [3.05, 3.63) is 0 Å². The van der Waals surface area contributed by atoms with Gasteiger partial charge < -0.3 is 10.1 Å². The summed E-state index contributed by atoms with van der Waals surface area (Å²) < 4.78 is 5.26. The van der Waals surface area contributed by atoms with Crippen LogP contribution in [0.3, 0.4) is 0 Å². The third-order valence-electron chi connectivity index (χ3n) is 2.52. The fourth-order valence-corrected chi connectivity index (χ4v) is 1.67. The van der Waals surface area contributed by atoms with E-state index in [0.29, 0.717) is 5.92 Å². The second-order valence-electron chi connectivity index (χ2n) is 3.69. The normalized spacial score (nSPS) is 23.4. The summed E-state index contributed by atoms with van der Waals surface area (Å²) in [6.07, 6.45) is 3.01. The van der Waals surface area contributed by atoms with Crippen LogP contribution in [0.1, 0.15) is 26.2 Å². The van der Waals surface area contributed by atoms with Gasteiger partial charge in [-0.1, -0.05) is 22.9 Å². The highest BCUT2D eigenvalue weighted by molar-refractivity contribution is 9.10. The van der Waals surface area contributed by atoms with Crippen LogP contribution < -0.4 is 5.32 Å². The van der Waals surface area contributed by atoms with Crippen LogP contribution in [-0.4, -0.2) is 30.5 Å². The molecule has 2 unspecified atom stereocenters. The molecule has 1 rings (SSSR count). The van der Waals surface area contributed by atoms with Crippen LogP contribution in [0.2, 0.25) is 0 Å². The number of alkyl halides is 1. The zero-order chi connectivity index (χ0) is 10.4. The number of ether oxygens (including phenoxy) is 1. The molecule has 1 aliphatic heterocycles. The van der Waals surface area contributed by atoms with Crippen LogP contribution in [0.15, 0.2) is 0 Å². The molecule has 1 fully saturated rings. The van der Waals surface area contributed by atoms with Gasteiger partial charge in [0, 0.05) is 19.8 Å². The summed E-state index contributed by atoms with van der Waals surface area (Å²) in [6, 6.07) is 0. The lowest BCUT2D eigenvalue weighted by molar-refractivity contribution is -0.120. The summed E-state index contributed by atoms with van der Waals surface area (Å²) in [5.41, 5.74) is 0. The number of rotatable bonds is 5. The summed E-state index contributed by atoms with van der Waals surface area (Å²) in [7, 11) is 0. The van der Waals surface area contributed by atoms with Crippen LogP contribution in [0, 0.1) is 5.92 Å². The van der Waals surface area contributed by atoms with Crippen molar-refractivity contribution in [1.82, 2.24) is 5.32 Å². The van der Waals surface area contributed by atoms with E-state index >= 15 is 0 Å². The molecule has 1 amide bonds. The van der Waals surface area contributed by atoms with Crippen LogP contribution in [0.5, 0.6) is 0 Å². The molecule has 0 bridgehead atoms. The van der Waals surface area contributed by atoms with E-state index in [0.717, 1.165) is 39.0 Å². The molecule has 3 nitrogen and oxygen atoms in total. The monoisotopic (exact) mass is 263 g/mol. The summed E-state index contributed by atoms with van der Waals surface area (Å²) in [5.74, 6) is 0.747. The van der Waals surface area contributed by atoms with Gasteiger partial charge in [-0.3, -0.25) is 4.79 Å². The second-order valence-corrected chi connectivity index (χ2v) is 4.79. The Kier molecular flexibility index (Phi) is 5.48. The number of hydrogen-bond donors (Lipinski definition) is 1. The van der Waals surface area contributed by atoms with E-state index in [-0.39, 0.29) is 10.7 Å². The first-order chi connectivity index (χ1) is 6.74. The predicted molar refractivity (Wildman–Crippen MR) is 59.6 cm³/mol. The first-order valence-corrected chi connectivity index (χ1v) is 6.15. The Hall–Kier alpha value is -0.0900. The van der Waals surface area contributed by atoms with Crippen LogP contribution in [0.4, 0.5) is 0 Å². The number of nitrogens with one attached hydrogen (secondary N) is 1. The SMILES string of the molecule is CCC(Br)C(=O)NCCC1CCOC1. The van der Waals surface area contributed by atoms with Gasteiger partial charge in [-0.25, -0.2) is 0 Å². The quantitative estimate of drug-likeness (QED) is 0.767. The maximum Gasteiger partial charge on any atom is 0.233 e. The predicted octanol–water partition coefficient (Wildman–Crippen LogP) is 1.70. The first kappa shape index (κ1) is 12.0. The van der Waals surface area contributed by atoms with Gasteiger partial charge in [-0.05, 0) is 25.2 Å². The molecule has 1 N–H and O–H groups in total. The Morgan fingerprint density at radius 3 is 3.07 bits per heavy atom. The maximum absolute atomic E-state index is 11.4. The van der Waals surface area contributed by atoms with Gasteiger partial charge in [0.25, 0.3) is 0 Å². The number of amides is 1. The minimum atomic E-state index is -0.0395. The van der Waals surface area contributed by atoms with Crippen LogP contribution >= 0.6 is 15.9 Å². The standard InChI is InChI=1S/C10H18BrNO2/c1-2-9(11)10(13)12-5-3-8-4-6-14-7-8/h8-9H,2-7H2,1H3,(H,12,13). The Labute approximate surface area is 93.7 Å². The lowest BCUT2D eigenvalue weighted by Crippen LogP contribution is -2.32. The Bertz CT molecular complexity index is 181. The highest BCUT2D eigenvalue weighted by Crippen LogP contribution is 2.15. The van der Waals surface area contributed by atoms with E-state index < -0.39 is 0 Å². The summed E-state index contributed by atoms with van der Waals surface area (Å²) >= 11 is 3.32. The first-order valence-electron chi connectivity index (χ1n) is 5.23. The van der Waals surface area contributed by atoms with Gasteiger partial charge in [0.2, 0.25) is 5.91 Å². The Balaban J connectivity index is 2.05. The minimum absolute atomic E-state index is 0.0395. The topological polar surface area (TPSA) is 38.3 Å². The van der Waals surface area contributed by atoms with Crippen molar-refractivity contribution in [2.24, 2.45) is 5.92 Å². The Morgan fingerprint density at radius 1 is 1.71 bits per heavy atom. The molecule has 2 atom stereocenters. The number of carbonyl (C=O) groups excluding carboxylic acids is 1. The molecular weight excluding hydrogens is 246 g/mol. The molecule has 0 aromatic carbocycles. The van der Waals surface area contributed by atoms with Crippen molar-refractivity contribution in [2.45, 2.75) is 31.0 Å². The molecule has 82 valence electrons. The molecule has 14 heavy (non-hydrogen) atoms. The lowest BCUT2D eigenvalue weighted by atomic mass is 10.1. The van der Waals surface area contributed by atoms with Crippen molar-refractivity contribution >= 4 is 21.8 Å². The number of carbonyl (C=O) groups is 1. The van der Waals surface area contributed by atoms with E-state index in [1.54, 1.807) is 0 Å². The van der Waals surface area contributed by atoms with Crippen molar-refractivity contribution < 1.29 is 9.53 Å². The molecule has 0 aromatic rings. The van der Waals surface area contributed by atoms with Gasteiger partial charge in [0.1, 0.15) is 0 Å². The molecule has 0 aromatic heterocycles. The van der Waals surface area contributed by atoms with Gasteiger partial charge in [-0.2, -0.15) is 0 Å². The molecule has 0 spiro atoms. The smallest absolute Gasteiger partial charge is 0.233 e. The van der Waals surface area contributed by atoms with E-state index in [4.69, 9.17) is 4.74 Å². The molecule has 1 saturated heterocycles. The van der Waals surface area contributed by atoms with Gasteiger partial charge in [-0.15, -0.1) is 0 Å². The number of hydrogen-bond acceptors (Lipinski definition) is 2. The highest BCUT2D eigenvalue weighted by atomic mass is 79.9. The fraction of sp³-hybridized carbons (Fsp3) is 0.900. The maximum atomic E-state index is 11.4. The van der Waals surface area contributed by atoms with Crippen molar-refractivity contribution in [3.8, 4) is 0 Å². The number of halogens is 1. The summed E-state index contributed by atoms with van der Waals surface area (Å²) in [4.78, 5) is 11.3. The molecular formula is C10H18BrNO2. The van der Waals surface area contributed by atoms with Crippen LogP contribution in [-0.2, 0) is 9.53 Å². The van der Waals surface area contributed by atoms with Crippen molar-refractivity contribution in [2.75, 3.05) is 19.8 Å². The van der Waals surface area contributed by atoms with E-state index in [2.05, 4.69) is 21.2 Å². The largest absolute Gasteiger partial charge is 0.381 e. The molecule has 0 aliphatic carbocycles. The highest BCUT2D eigenvalue weighted by Gasteiger charge is 2.16. The molecule has 0 radical (unpaired) electrons. The zero-order valence-electron chi connectivity index (χ0n) is 8.59. The molecule has 1 heterocycles. The van der Waals surface area contributed by atoms with E-state index in [1.807, 2.05) is 6.92 Å². The zero-order valence-corrected chi connectivity index (χ0v) is 10.2. The van der Waals surface area contributed by atoms with Crippen LogP contribution in [0.25, 0.3) is 0 Å². The van der Waals surface area contributed by atoms with Gasteiger partial charge in [0.05, 0.1) is 4.83 Å². The summed E-state index contributed by atoms with van der Waals surface area (Å²) in [5, 5.41) is 2.92. The van der Waals surface area contributed by atoms with Crippen molar-refractivity contribution in [1.29, 1.82) is 0 Å². The van der Waals surface area contributed by atoms with E-state index in [9.17, 15) is 4.79 Å². The minimum Gasteiger partial charge on any atom is -0.381 e. The fourth-order valence-electron chi connectivity index (χ4n) is 1.51. The summed E-state index contributed by atoms with van der Waals surface area (Å²) in [6.45, 7) is 4.51. The Morgan fingerprint density at radius 2 is 2.50 bits per heavy atom. The third kappa shape index (κ3) is 3.96. The molecule has 0 saturated carbocycles. The lowest BCUT2D eigenvalue weighted by Gasteiger charge is -2.10. The van der Waals surface area contributed by atoms with Crippen molar-refractivity contribution in [3.63, 3.8) is 0 Å².